The van der Waals surface area contributed by atoms with Gasteiger partial charge in [-0.25, -0.2) is 9.59 Å². The molecule has 1 unspecified atom stereocenters. The van der Waals surface area contributed by atoms with Gasteiger partial charge in [0, 0.05) is 12.3 Å². The Labute approximate surface area is 127 Å². The first-order valence-electron chi connectivity index (χ1n) is 6.60. The summed E-state index contributed by atoms with van der Waals surface area (Å²) < 4.78 is 5.08. The highest BCUT2D eigenvalue weighted by atomic mass is 32.2. The number of nitrogens with one attached hydrogen (secondary N) is 1. The molecule has 1 aliphatic rings. The topological polar surface area (TPSA) is 78.9 Å². The van der Waals surface area contributed by atoms with Crippen molar-refractivity contribution in [3.05, 3.63) is 29.8 Å². The van der Waals surface area contributed by atoms with E-state index in [1.54, 1.807) is 7.11 Å². The summed E-state index contributed by atoms with van der Waals surface area (Å²) in [5.74, 6) is 0.707. The quantitative estimate of drug-likeness (QED) is 0.859. The van der Waals surface area contributed by atoms with E-state index in [1.165, 1.54) is 16.7 Å². The van der Waals surface area contributed by atoms with Gasteiger partial charge in [-0.1, -0.05) is 12.1 Å². The van der Waals surface area contributed by atoms with Gasteiger partial charge >= 0.3 is 12.0 Å². The van der Waals surface area contributed by atoms with Gasteiger partial charge in [-0.05, 0) is 24.1 Å². The molecule has 1 fully saturated rings. The molecule has 2 N–H and O–H groups in total. The van der Waals surface area contributed by atoms with E-state index < -0.39 is 12.0 Å². The normalized spacial score (nSPS) is 17.6. The van der Waals surface area contributed by atoms with E-state index >= 15 is 0 Å². The van der Waals surface area contributed by atoms with Crippen LogP contribution in [0.25, 0.3) is 0 Å². The number of thioether (sulfide) groups is 1. The molecular weight excluding hydrogens is 292 g/mol. The number of methoxy groups -OCH3 is 1. The molecule has 2 rings (SSSR count). The van der Waals surface area contributed by atoms with Crippen molar-refractivity contribution < 1.29 is 19.4 Å². The van der Waals surface area contributed by atoms with Crippen LogP contribution in [0.5, 0.6) is 5.75 Å². The highest BCUT2D eigenvalue weighted by Crippen LogP contribution is 2.20. The summed E-state index contributed by atoms with van der Waals surface area (Å²) in [5, 5.41) is 11.8. The van der Waals surface area contributed by atoms with Gasteiger partial charge in [0.1, 0.15) is 11.8 Å². The minimum absolute atomic E-state index is 0.319. The lowest BCUT2D eigenvalue weighted by atomic mass is 10.1. The Morgan fingerprint density at radius 2 is 2.14 bits per heavy atom. The third kappa shape index (κ3) is 4.04. The summed E-state index contributed by atoms with van der Waals surface area (Å²) in [6.45, 7) is 0.471. The number of urea groups is 1. The average Bonchev–Trinajstić information content (AvgIpc) is 2.97. The number of nitrogens with zero attached hydrogens (tertiary/aromatic N) is 1. The van der Waals surface area contributed by atoms with Gasteiger partial charge in [0.15, 0.2) is 0 Å². The van der Waals surface area contributed by atoms with E-state index in [2.05, 4.69) is 5.32 Å². The van der Waals surface area contributed by atoms with Crippen molar-refractivity contribution >= 4 is 23.8 Å². The van der Waals surface area contributed by atoms with Crippen LogP contribution in [0.1, 0.15) is 5.56 Å². The van der Waals surface area contributed by atoms with Crippen molar-refractivity contribution in [1.82, 2.24) is 10.2 Å². The number of carbonyl (C=O) groups excluding carboxylic acids is 1. The zero-order valence-electron chi connectivity index (χ0n) is 11.7. The number of aliphatic carboxylic acids is 1. The molecule has 114 valence electrons. The van der Waals surface area contributed by atoms with Gasteiger partial charge in [-0.3, -0.25) is 0 Å². The minimum atomic E-state index is -0.953. The van der Waals surface area contributed by atoms with E-state index in [9.17, 15) is 9.59 Å². The van der Waals surface area contributed by atoms with Crippen molar-refractivity contribution in [3.63, 3.8) is 0 Å². The molecule has 1 aliphatic heterocycles. The summed E-state index contributed by atoms with van der Waals surface area (Å²) >= 11 is 1.45. The number of carbonyl (C=O) groups is 2. The molecule has 0 saturated carbocycles. The largest absolute Gasteiger partial charge is 0.497 e. The summed E-state index contributed by atoms with van der Waals surface area (Å²) in [4.78, 5) is 24.4. The fraction of sp³-hybridized carbons (Fsp3) is 0.429. The SMILES string of the molecule is COc1ccc(CCNC(=O)N2CSCC2C(=O)O)cc1. The van der Waals surface area contributed by atoms with Gasteiger partial charge in [0.2, 0.25) is 0 Å². The second-order valence-corrected chi connectivity index (χ2v) is 5.65. The smallest absolute Gasteiger partial charge is 0.327 e. The van der Waals surface area contributed by atoms with Crippen molar-refractivity contribution in [2.75, 3.05) is 25.3 Å². The molecule has 1 aromatic carbocycles. The summed E-state index contributed by atoms with van der Waals surface area (Å²) in [6, 6.07) is 6.58. The Kier molecular flexibility index (Phi) is 5.32. The van der Waals surface area contributed by atoms with E-state index in [0.29, 0.717) is 24.6 Å². The van der Waals surface area contributed by atoms with Crippen molar-refractivity contribution in [3.8, 4) is 5.75 Å². The second kappa shape index (κ2) is 7.21. The lowest BCUT2D eigenvalue weighted by molar-refractivity contribution is -0.140. The number of carboxylic acid groups (broad SMARTS) is 1. The molecule has 6 nitrogen and oxygen atoms in total. The Morgan fingerprint density at radius 3 is 2.76 bits per heavy atom. The Bertz CT molecular complexity index is 506. The van der Waals surface area contributed by atoms with E-state index in [-0.39, 0.29) is 6.03 Å². The standard InChI is InChI=1S/C14H18N2O4S/c1-20-11-4-2-10(3-5-11)6-7-15-14(19)16-9-21-8-12(16)13(17)18/h2-5,12H,6-9H2,1H3,(H,15,19)(H,17,18). The molecule has 2 amide bonds. The zero-order valence-corrected chi connectivity index (χ0v) is 12.6. The van der Waals surface area contributed by atoms with Gasteiger partial charge in [0.25, 0.3) is 0 Å². The highest BCUT2D eigenvalue weighted by molar-refractivity contribution is 7.99. The number of benzene rings is 1. The molecule has 1 heterocycles. The zero-order chi connectivity index (χ0) is 15.2. The first-order chi connectivity index (χ1) is 10.1. The van der Waals surface area contributed by atoms with Crippen LogP contribution in [0.15, 0.2) is 24.3 Å². The van der Waals surface area contributed by atoms with Crippen LogP contribution in [-0.4, -0.2) is 53.3 Å². The van der Waals surface area contributed by atoms with Crippen LogP contribution >= 0.6 is 11.8 Å². The first kappa shape index (κ1) is 15.5. The summed E-state index contributed by atoms with van der Waals surface area (Å²) in [7, 11) is 1.61. The molecule has 1 aromatic rings. The second-order valence-electron chi connectivity index (χ2n) is 4.65. The minimum Gasteiger partial charge on any atom is -0.497 e. The third-order valence-corrected chi connectivity index (χ3v) is 4.29. The molecule has 7 heteroatoms. The number of hydrogen-bond acceptors (Lipinski definition) is 4. The van der Waals surface area contributed by atoms with Gasteiger partial charge in [0.05, 0.1) is 13.0 Å². The fourth-order valence-corrected chi connectivity index (χ4v) is 3.20. The van der Waals surface area contributed by atoms with Crippen LogP contribution in [0.4, 0.5) is 4.79 Å². The maximum Gasteiger partial charge on any atom is 0.327 e. The van der Waals surface area contributed by atoms with E-state index in [1.807, 2.05) is 24.3 Å². The summed E-state index contributed by atoms with van der Waals surface area (Å²) in [5.41, 5.74) is 1.08. The Balaban J connectivity index is 1.79. The fourth-order valence-electron chi connectivity index (χ4n) is 2.05. The molecule has 21 heavy (non-hydrogen) atoms. The maximum absolute atomic E-state index is 12.0. The first-order valence-corrected chi connectivity index (χ1v) is 7.75. The van der Waals surface area contributed by atoms with Crippen LogP contribution in [0.2, 0.25) is 0 Å². The van der Waals surface area contributed by atoms with Gasteiger partial charge in [-0.2, -0.15) is 0 Å². The van der Waals surface area contributed by atoms with Crippen molar-refractivity contribution in [2.24, 2.45) is 0 Å². The molecule has 0 radical (unpaired) electrons. The third-order valence-electron chi connectivity index (χ3n) is 3.28. The van der Waals surface area contributed by atoms with Gasteiger partial charge < -0.3 is 20.1 Å². The van der Waals surface area contributed by atoms with E-state index in [4.69, 9.17) is 9.84 Å². The van der Waals surface area contributed by atoms with Crippen molar-refractivity contribution in [1.29, 1.82) is 0 Å². The van der Waals surface area contributed by atoms with Gasteiger partial charge in [-0.15, -0.1) is 11.8 Å². The number of rotatable bonds is 5. The van der Waals surface area contributed by atoms with Crippen LogP contribution in [0.3, 0.4) is 0 Å². The number of carboxylic acids is 1. The van der Waals surface area contributed by atoms with Crippen LogP contribution in [-0.2, 0) is 11.2 Å². The molecule has 0 aromatic heterocycles. The molecular formula is C14H18N2O4S. The highest BCUT2D eigenvalue weighted by Gasteiger charge is 2.34. The monoisotopic (exact) mass is 310 g/mol. The lowest BCUT2D eigenvalue weighted by Crippen LogP contribution is -2.47. The Hall–Kier alpha value is -1.89. The molecule has 1 atom stereocenters. The van der Waals surface area contributed by atoms with Crippen molar-refractivity contribution in [2.45, 2.75) is 12.5 Å². The predicted molar refractivity (Wildman–Crippen MR) is 80.7 cm³/mol. The number of ether oxygens (including phenoxy) is 1. The average molecular weight is 310 g/mol. The van der Waals surface area contributed by atoms with E-state index in [0.717, 1.165) is 11.3 Å². The predicted octanol–water partition coefficient (Wildman–Crippen LogP) is 1.41. The maximum atomic E-state index is 12.0. The molecule has 1 saturated heterocycles. The molecule has 0 spiro atoms. The van der Waals surface area contributed by atoms with Crippen LogP contribution in [0, 0.1) is 0 Å². The number of hydrogen-bond donors (Lipinski definition) is 2. The lowest BCUT2D eigenvalue weighted by Gasteiger charge is -2.20. The Morgan fingerprint density at radius 1 is 1.43 bits per heavy atom. The molecule has 0 aliphatic carbocycles. The molecule has 0 bridgehead atoms. The summed E-state index contributed by atoms with van der Waals surface area (Å²) in [6.07, 6.45) is 0.689. The van der Waals surface area contributed by atoms with Crippen LogP contribution < -0.4 is 10.1 Å². The number of amides is 2.